The molecule has 1 amide bonds. The largest absolute Gasteiger partial charge is 0.384 e. The molecule has 152 valence electrons. The lowest BCUT2D eigenvalue weighted by atomic mass is 9.90. The molecule has 0 unspecified atom stereocenters. The molecule has 0 saturated carbocycles. The topological polar surface area (TPSA) is 110 Å². The van der Waals surface area contributed by atoms with Gasteiger partial charge in [-0.2, -0.15) is 0 Å². The van der Waals surface area contributed by atoms with Crippen LogP contribution in [0.25, 0.3) is 5.69 Å². The first-order valence-corrected chi connectivity index (χ1v) is 9.67. The van der Waals surface area contributed by atoms with Crippen LogP contribution in [0.5, 0.6) is 0 Å². The van der Waals surface area contributed by atoms with E-state index in [1.165, 1.54) is 11.1 Å². The summed E-state index contributed by atoms with van der Waals surface area (Å²) in [4.78, 5) is 16.6. The highest BCUT2D eigenvalue weighted by atomic mass is 16.5. The highest BCUT2D eigenvalue weighted by molar-refractivity contribution is 5.98. The van der Waals surface area contributed by atoms with E-state index in [-0.39, 0.29) is 17.9 Å². The van der Waals surface area contributed by atoms with E-state index in [0.717, 1.165) is 12.8 Å². The van der Waals surface area contributed by atoms with Crippen LogP contribution in [0.4, 0.5) is 0 Å². The molecule has 9 nitrogen and oxygen atoms in total. The molecule has 1 aromatic carbocycles. The smallest absolute Gasteiger partial charge is 0.256 e. The van der Waals surface area contributed by atoms with Crippen LogP contribution in [0.1, 0.15) is 61.3 Å². The number of rotatable bonds is 4. The zero-order valence-electron chi connectivity index (χ0n) is 16.7. The summed E-state index contributed by atoms with van der Waals surface area (Å²) in [5, 5.41) is 25.9. The molecule has 2 atom stereocenters. The van der Waals surface area contributed by atoms with Gasteiger partial charge in [-0.1, -0.05) is 17.3 Å². The number of tetrazole rings is 1. The summed E-state index contributed by atoms with van der Waals surface area (Å²) < 4.78 is 5.50. The van der Waals surface area contributed by atoms with E-state index >= 15 is 0 Å². The third-order valence-corrected chi connectivity index (χ3v) is 5.40. The summed E-state index contributed by atoms with van der Waals surface area (Å²) in [5.41, 5.74) is 0.538. The number of aromatic nitrogens is 5. The van der Waals surface area contributed by atoms with Crippen LogP contribution < -0.4 is 0 Å². The molecule has 0 spiro atoms. The van der Waals surface area contributed by atoms with Gasteiger partial charge in [0.2, 0.25) is 0 Å². The minimum atomic E-state index is -1.07. The fourth-order valence-corrected chi connectivity index (χ4v) is 3.65. The van der Waals surface area contributed by atoms with Gasteiger partial charge in [-0.25, -0.2) is 0 Å². The van der Waals surface area contributed by atoms with Crippen molar-refractivity contribution in [2.75, 3.05) is 6.54 Å². The van der Waals surface area contributed by atoms with Crippen LogP contribution >= 0.6 is 0 Å². The zero-order chi connectivity index (χ0) is 20.6. The Balaban J connectivity index is 1.60. The Morgan fingerprint density at radius 3 is 2.76 bits per heavy atom. The maximum atomic E-state index is 13.4. The fraction of sp³-hybridized carbons (Fsp3) is 0.450. The number of para-hydroxylation sites is 1. The van der Waals surface area contributed by atoms with Crippen LogP contribution in [-0.4, -0.2) is 53.9 Å². The van der Waals surface area contributed by atoms with E-state index in [9.17, 15) is 9.90 Å². The highest BCUT2D eigenvalue weighted by Gasteiger charge is 2.34. The molecule has 0 aliphatic carbocycles. The van der Waals surface area contributed by atoms with Gasteiger partial charge in [-0.05, 0) is 51.0 Å². The average Bonchev–Trinajstić information content (AvgIpc) is 3.40. The first-order valence-electron chi connectivity index (χ1n) is 9.67. The summed E-state index contributed by atoms with van der Waals surface area (Å²) in [7, 11) is 0. The van der Waals surface area contributed by atoms with Gasteiger partial charge >= 0.3 is 0 Å². The predicted octanol–water partition coefficient (Wildman–Crippen LogP) is 2.29. The first-order chi connectivity index (χ1) is 13.8. The number of likely N-dealkylation sites (tertiary alicyclic amines) is 1. The zero-order valence-corrected chi connectivity index (χ0v) is 16.7. The van der Waals surface area contributed by atoms with Crippen molar-refractivity contribution in [1.82, 2.24) is 30.3 Å². The number of piperidine rings is 1. The highest BCUT2D eigenvalue weighted by Crippen LogP contribution is 2.33. The van der Waals surface area contributed by atoms with Gasteiger partial charge in [-0.15, -0.1) is 15.0 Å². The number of hydrogen-bond donors (Lipinski definition) is 1. The minimum absolute atomic E-state index is 0.0235. The molecule has 1 fully saturated rings. The van der Waals surface area contributed by atoms with Crippen LogP contribution in [0, 0.1) is 0 Å². The van der Waals surface area contributed by atoms with E-state index in [1.54, 1.807) is 32.0 Å². The van der Waals surface area contributed by atoms with E-state index in [4.69, 9.17) is 4.52 Å². The molecule has 3 heterocycles. The van der Waals surface area contributed by atoms with Crippen molar-refractivity contribution < 1.29 is 14.4 Å². The number of benzene rings is 1. The summed E-state index contributed by atoms with van der Waals surface area (Å²) in [6, 6.07) is 9.12. The Labute approximate surface area is 168 Å². The molecule has 1 N–H and O–H groups in total. The van der Waals surface area contributed by atoms with Crippen molar-refractivity contribution in [2.45, 2.75) is 51.2 Å². The Morgan fingerprint density at radius 2 is 2.07 bits per heavy atom. The van der Waals surface area contributed by atoms with Gasteiger partial charge in [0.1, 0.15) is 22.7 Å². The molecule has 1 aliphatic rings. The number of carbonyl (C=O) groups excluding carboxylic acids is 1. The molecule has 0 radical (unpaired) electrons. The molecule has 1 aliphatic heterocycles. The molecular weight excluding hydrogens is 372 g/mol. The third kappa shape index (κ3) is 3.77. The summed E-state index contributed by atoms with van der Waals surface area (Å²) >= 11 is 0. The van der Waals surface area contributed by atoms with E-state index in [2.05, 4.69) is 20.6 Å². The molecule has 1 saturated heterocycles. The fourth-order valence-electron chi connectivity index (χ4n) is 3.65. The van der Waals surface area contributed by atoms with Crippen molar-refractivity contribution in [3.8, 4) is 5.69 Å². The molecule has 0 bridgehead atoms. The van der Waals surface area contributed by atoms with Gasteiger partial charge < -0.3 is 14.5 Å². The summed E-state index contributed by atoms with van der Waals surface area (Å²) in [6.45, 7) is 5.90. The first kappa shape index (κ1) is 19.3. The lowest BCUT2D eigenvalue weighted by Gasteiger charge is -2.37. The average molecular weight is 396 g/mol. The minimum Gasteiger partial charge on any atom is -0.384 e. The van der Waals surface area contributed by atoms with Crippen molar-refractivity contribution >= 4 is 5.91 Å². The van der Waals surface area contributed by atoms with Crippen molar-refractivity contribution in [1.29, 1.82) is 0 Å². The van der Waals surface area contributed by atoms with Crippen LogP contribution in [0.3, 0.4) is 0 Å². The molecule has 3 aromatic rings. The van der Waals surface area contributed by atoms with E-state index in [1.807, 2.05) is 24.0 Å². The number of aliphatic hydroxyl groups is 1. The summed E-state index contributed by atoms with van der Waals surface area (Å²) in [5.74, 6) is 0.630. The molecule has 4 rings (SSSR count). The van der Waals surface area contributed by atoms with Gasteiger partial charge in [0.05, 0.1) is 5.56 Å². The standard InChI is InChI=1S/C20H24N6O3/c1-13-8-9-14(17-10-18(23-29-17)20(2,3)28)11-25(13)19(27)15-6-4-5-7-16(15)26-22-12-21-24-26/h4-7,10,12-14,28H,8-9,11H2,1-3H3/t13-,14-/m1/s1. The lowest BCUT2D eigenvalue weighted by molar-refractivity contribution is 0.0595. The van der Waals surface area contributed by atoms with Gasteiger partial charge in [0, 0.05) is 24.6 Å². The maximum absolute atomic E-state index is 13.4. The second-order valence-corrected chi connectivity index (χ2v) is 8.00. The van der Waals surface area contributed by atoms with Crippen molar-refractivity contribution in [3.63, 3.8) is 0 Å². The molecule has 29 heavy (non-hydrogen) atoms. The second-order valence-electron chi connectivity index (χ2n) is 8.00. The van der Waals surface area contributed by atoms with Crippen molar-refractivity contribution in [2.24, 2.45) is 0 Å². The quantitative estimate of drug-likeness (QED) is 0.720. The Morgan fingerprint density at radius 1 is 1.28 bits per heavy atom. The van der Waals surface area contributed by atoms with Gasteiger partial charge in [0.25, 0.3) is 5.91 Å². The van der Waals surface area contributed by atoms with Crippen molar-refractivity contribution in [3.05, 3.63) is 53.7 Å². The maximum Gasteiger partial charge on any atom is 0.256 e. The summed E-state index contributed by atoms with van der Waals surface area (Å²) in [6.07, 6.45) is 3.07. The SMILES string of the molecule is C[C@@H]1CC[C@@H](c2cc(C(C)(C)O)no2)CN1C(=O)c1ccccc1-n1ncnn1. The van der Waals surface area contributed by atoms with E-state index < -0.39 is 5.60 Å². The number of amides is 1. The Hall–Kier alpha value is -3.07. The number of nitrogens with zero attached hydrogens (tertiary/aromatic N) is 6. The Kier molecular flexibility index (Phi) is 4.91. The van der Waals surface area contributed by atoms with Crippen LogP contribution in [-0.2, 0) is 5.60 Å². The van der Waals surface area contributed by atoms with Gasteiger partial charge in [-0.3, -0.25) is 4.79 Å². The predicted molar refractivity (Wildman–Crippen MR) is 103 cm³/mol. The van der Waals surface area contributed by atoms with E-state index in [0.29, 0.717) is 29.2 Å². The van der Waals surface area contributed by atoms with Crippen LogP contribution in [0.15, 0.2) is 41.2 Å². The molecule has 9 heteroatoms. The third-order valence-electron chi connectivity index (χ3n) is 5.40. The monoisotopic (exact) mass is 396 g/mol. The van der Waals surface area contributed by atoms with Gasteiger partial charge in [0.15, 0.2) is 6.33 Å². The second kappa shape index (κ2) is 7.40. The van der Waals surface area contributed by atoms with Crippen LogP contribution in [0.2, 0.25) is 0 Å². The lowest BCUT2D eigenvalue weighted by Crippen LogP contribution is -2.45. The molecule has 2 aromatic heterocycles. The molecular formula is C20H24N6O3. The Bertz CT molecular complexity index is 992. The number of carbonyl (C=O) groups is 1. The normalized spacial score (nSPS) is 20.1. The number of hydrogen-bond acceptors (Lipinski definition) is 7.